The lowest BCUT2D eigenvalue weighted by Gasteiger charge is -2.32. The number of carbonyl (C=O) groups excluding carboxylic acids is 4. The topological polar surface area (TPSA) is 167 Å². The molecule has 0 spiro atoms. The number of amides is 4. The number of imide groups is 1. The number of halogens is 4. The average Bonchev–Trinajstić information content (AvgIpc) is 3.90. The van der Waals surface area contributed by atoms with Crippen LogP contribution >= 0.6 is 0 Å². The quantitative estimate of drug-likeness (QED) is 0.0961. The van der Waals surface area contributed by atoms with E-state index in [4.69, 9.17) is 0 Å². The Labute approximate surface area is 337 Å². The Balaban J connectivity index is 0.891. The Morgan fingerprint density at radius 3 is 2.34 bits per heavy atom. The van der Waals surface area contributed by atoms with Gasteiger partial charge in [0.05, 0.1) is 29.6 Å². The Morgan fingerprint density at radius 1 is 0.932 bits per heavy atom. The van der Waals surface area contributed by atoms with Crippen molar-refractivity contribution in [3.05, 3.63) is 118 Å². The first kappa shape index (κ1) is 40.9. The summed E-state index contributed by atoms with van der Waals surface area (Å²) in [4.78, 5) is 55.2. The van der Waals surface area contributed by atoms with Crippen LogP contribution in [0.15, 0.2) is 73.1 Å². The van der Waals surface area contributed by atoms with E-state index in [9.17, 15) is 32.3 Å². The number of nitrogens with zero attached hydrogens (tertiary/aromatic N) is 5. The molecule has 0 radical (unpaired) electrons. The molecule has 5 aromatic rings. The van der Waals surface area contributed by atoms with Crippen LogP contribution in [0.2, 0.25) is 0 Å². The summed E-state index contributed by atoms with van der Waals surface area (Å²) in [6.07, 6.45) is 0.418. The molecular formula is C42H43F4N9O4. The fourth-order valence-electron chi connectivity index (χ4n) is 7.23. The number of likely N-dealkylation sites (tertiary alicyclic amines) is 1. The van der Waals surface area contributed by atoms with Crippen molar-refractivity contribution < 1.29 is 36.7 Å². The maximum atomic E-state index is 15.1. The van der Waals surface area contributed by atoms with Gasteiger partial charge in [0.1, 0.15) is 23.1 Å². The largest absolute Gasteiger partial charge is 0.401 e. The van der Waals surface area contributed by atoms with E-state index in [2.05, 4.69) is 65.4 Å². The highest BCUT2D eigenvalue weighted by molar-refractivity contribution is 6.03. The van der Waals surface area contributed by atoms with Gasteiger partial charge >= 0.3 is 6.18 Å². The second kappa shape index (κ2) is 16.6. The smallest absolute Gasteiger partial charge is 0.345 e. The first-order chi connectivity index (χ1) is 28.0. The summed E-state index contributed by atoms with van der Waals surface area (Å²) in [6.45, 7) is 6.21. The normalized spacial score (nSPS) is 16.8. The van der Waals surface area contributed by atoms with Crippen molar-refractivity contribution in [2.45, 2.75) is 83.1 Å². The van der Waals surface area contributed by atoms with Crippen LogP contribution < -0.4 is 16.0 Å². The lowest BCUT2D eigenvalue weighted by atomic mass is 9.88. The van der Waals surface area contributed by atoms with Gasteiger partial charge in [0.15, 0.2) is 5.82 Å². The number of alkyl halides is 3. The van der Waals surface area contributed by atoms with Gasteiger partial charge in [-0.15, -0.1) is 0 Å². The van der Waals surface area contributed by atoms with Crippen LogP contribution in [-0.4, -0.2) is 78.8 Å². The number of aromatic nitrogens is 5. The van der Waals surface area contributed by atoms with E-state index < -0.39 is 52.9 Å². The molecule has 0 aliphatic carbocycles. The third-order valence-corrected chi connectivity index (χ3v) is 11.0. The highest BCUT2D eigenvalue weighted by Gasteiger charge is 2.51. The molecule has 13 nitrogen and oxygen atoms in total. The van der Waals surface area contributed by atoms with E-state index in [1.54, 1.807) is 16.9 Å². The number of carbonyl (C=O) groups is 4. The van der Waals surface area contributed by atoms with E-state index in [0.29, 0.717) is 0 Å². The van der Waals surface area contributed by atoms with Crippen LogP contribution in [0.4, 0.5) is 17.6 Å². The number of aromatic amines is 1. The van der Waals surface area contributed by atoms with Crippen molar-refractivity contribution in [1.29, 1.82) is 0 Å². The van der Waals surface area contributed by atoms with Crippen molar-refractivity contribution in [2.75, 3.05) is 13.1 Å². The molecule has 4 heterocycles. The lowest BCUT2D eigenvalue weighted by Crippen LogP contribution is -2.52. The van der Waals surface area contributed by atoms with Gasteiger partial charge in [-0.2, -0.15) is 23.4 Å². The fraction of sp³-hybridized carbons (Fsp3) is 0.357. The van der Waals surface area contributed by atoms with Crippen molar-refractivity contribution in [3.63, 3.8) is 0 Å². The zero-order valence-electron chi connectivity index (χ0n) is 32.6. The summed E-state index contributed by atoms with van der Waals surface area (Å²) >= 11 is 0. The van der Waals surface area contributed by atoms with Gasteiger partial charge in [0.2, 0.25) is 11.8 Å². The molecule has 3 aromatic carbocycles. The molecule has 0 saturated carbocycles. The molecule has 7 rings (SSSR count). The Morgan fingerprint density at radius 2 is 1.66 bits per heavy atom. The molecule has 308 valence electrons. The monoisotopic (exact) mass is 813 g/mol. The third kappa shape index (κ3) is 9.09. The number of hydrogen-bond donors (Lipinski definition) is 4. The van der Waals surface area contributed by atoms with Crippen LogP contribution in [0, 0.1) is 12.7 Å². The first-order valence-corrected chi connectivity index (χ1v) is 19.2. The minimum Gasteiger partial charge on any atom is -0.345 e. The van der Waals surface area contributed by atoms with E-state index >= 15 is 4.39 Å². The van der Waals surface area contributed by atoms with Crippen molar-refractivity contribution in [1.82, 2.24) is 45.8 Å². The predicted octanol–water partition coefficient (Wildman–Crippen LogP) is 5.79. The molecule has 2 fully saturated rings. The minimum atomic E-state index is -4.54. The van der Waals surface area contributed by atoms with E-state index in [1.165, 1.54) is 18.3 Å². The summed E-state index contributed by atoms with van der Waals surface area (Å²) < 4.78 is 56.7. The van der Waals surface area contributed by atoms with Gasteiger partial charge in [-0.3, -0.25) is 34.5 Å². The van der Waals surface area contributed by atoms with Gasteiger partial charge in [-0.1, -0.05) is 36.4 Å². The van der Waals surface area contributed by atoms with Crippen LogP contribution in [0.25, 0.3) is 16.8 Å². The van der Waals surface area contributed by atoms with Crippen molar-refractivity contribution in [3.8, 4) is 16.8 Å². The summed E-state index contributed by atoms with van der Waals surface area (Å²) in [6, 6.07) is 18.1. The van der Waals surface area contributed by atoms with Crippen LogP contribution in [0.1, 0.15) is 94.5 Å². The minimum absolute atomic E-state index is 0.0950. The molecule has 1 atom stereocenters. The highest BCUT2D eigenvalue weighted by atomic mass is 19.4. The number of aryl methyl sites for hydroxylation is 1. The number of hydrogen-bond acceptors (Lipinski definition) is 8. The van der Waals surface area contributed by atoms with Crippen molar-refractivity contribution >= 4 is 23.6 Å². The second-order valence-electron chi connectivity index (χ2n) is 15.5. The fourth-order valence-corrected chi connectivity index (χ4v) is 7.23. The molecule has 4 N–H and O–H groups in total. The standard InChI is InChI=1S/C42H43F4N9O4/c1-24-18-28(9-12-34(24)55-23-30(20-48-55)37(57)47-21-35-50-40(53-52-35)41(2,3)42(44,45)46)26-6-4-25(5-7-26)22-54-16-14-27(15-17-54)29-8-10-31(32(43)19-29)38(58)49-33-11-13-36(56)51-39(33)59/h4-10,12,18-20,23,27,33H,11,13-17,21-22H2,1-3H3,(H,47,57)(H,49,58)(H,50,52,53)(H,51,56,59)/t33-/m0/s1. The summed E-state index contributed by atoms with van der Waals surface area (Å²) in [5.41, 5.74) is 3.62. The number of H-pyrrole nitrogens is 1. The number of benzene rings is 3. The maximum absolute atomic E-state index is 15.1. The van der Waals surface area contributed by atoms with Crippen LogP contribution in [-0.2, 0) is 28.1 Å². The predicted molar refractivity (Wildman–Crippen MR) is 208 cm³/mol. The van der Waals surface area contributed by atoms with Crippen LogP contribution in [0.5, 0.6) is 0 Å². The molecule has 59 heavy (non-hydrogen) atoms. The zero-order valence-corrected chi connectivity index (χ0v) is 32.6. The SMILES string of the molecule is Cc1cc(-c2ccc(CN3CCC(c4ccc(C(=O)N[C@H]5CCC(=O)NC5=O)c(F)c4)CC3)cc2)ccc1-n1cc(C(=O)NCc2nc(C(C)(C)C(F)(F)F)n[nH]2)cn1. The van der Waals surface area contributed by atoms with Gasteiger partial charge in [0.25, 0.3) is 11.8 Å². The summed E-state index contributed by atoms with van der Waals surface area (Å²) in [5.74, 6) is -2.95. The van der Waals surface area contributed by atoms with Gasteiger partial charge in [0, 0.05) is 19.2 Å². The zero-order chi connectivity index (χ0) is 42.1. The summed E-state index contributed by atoms with van der Waals surface area (Å²) in [5, 5.41) is 17.9. The Bertz CT molecular complexity index is 2380. The Kier molecular flexibility index (Phi) is 11.5. The molecular weight excluding hydrogens is 771 g/mol. The first-order valence-electron chi connectivity index (χ1n) is 19.2. The highest BCUT2D eigenvalue weighted by Crippen LogP contribution is 2.38. The van der Waals surface area contributed by atoms with Crippen LogP contribution in [0.3, 0.4) is 0 Å². The van der Waals surface area contributed by atoms with E-state index in [-0.39, 0.29) is 42.3 Å². The molecule has 2 aliphatic rings. The van der Waals surface area contributed by atoms with Gasteiger partial charge < -0.3 is 10.6 Å². The maximum Gasteiger partial charge on any atom is 0.401 e. The lowest BCUT2D eigenvalue weighted by molar-refractivity contribution is -0.182. The average molecular weight is 814 g/mol. The summed E-state index contributed by atoms with van der Waals surface area (Å²) in [7, 11) is 0. The number of piperidine rings is 2. The van der Waals surface area contributed by atoms with E-state index in [0.717, 1.165) is 79.8 Å². The molecule has 0 unspecified atom stereocenters. The third-order valence-electron chi connectivity index (χ3n) is 11.0. The van der Waals surface area contributed by atoms with Gasteiger partial charge in [-0.05, 0) is 111 Å². The van der Waals surface area contributed by atoms with E-state index in [1.807, 2.05) is 25.1 Å². The number of rotatable bonds is 11. The number of nitrogens with one attached hydrogen (secondary N) is 4. The Hall–Kier alpha value is -6.23. The molecule has 2 aliphatic heterocycles. The van der Waals surface area contributed by atoms with Gasteiger partial charge in [-0.25, -0.2) is 14.1 Å². The molecule has 17 heteroatoms. The molecule has 2 saturated heterocycles. The molecule has 2 aromatic heterocycles. The molecule has 4 amide bonds. The second-order valence-corrected chi connectivity index (χ2v) is 15.5. The van der Waals surface area contributed by atoms with Crippen molar-refractivity contribution in [2.24, 2.45) is 0 Å². The molecule has 0 bridgehead atoms.